The maximum absolute atomic E-state index is 13.8. The molecule has 3 N–H and O–H groups in total. The highest BCUT2D eigenvalue weighted by atomic mass is 32.2. The fraction of sp³-hybridized carbons (Fsp3) is 0.111. The molecule has 0 saturated carbocycles. The Morgan fingerprint density at radius 1 is 0.826 bits per heavy atom. The normalized spacial score (nSPS) is 12.1. The number of rotatable bonds is 11. The largest absolute Gasteiger partial charge is 0.456 e. The number of anilines is 1. The molecule has 2 heterocycles. The van der Waals surface area contributed by atoms with Crippen molar-refractivity contribution in [1.82, 2.24) is 5.32 Å². The van der Waals surface area contributed by atoms with Gasteiger partial charge in [-0.25, -0.2) is 0 Å². The molecule has 2 amide bonds. The van der Waals surface area contributed by atoms with Crippen LogP contribution in [0.15, 0.2) is 125 Å². The first-order valence-electron chi connectivity index (χ1n) is 14.6. The number of para-hydroxylation sites is 1. The van der Waals surface area contributed by atoms with Crippen LogP contribution in [0.25, 0.3) is 32.7 Å². The first-order valence-corrected chi connectivity index (χ1v) is 17.1. The number of hydrogen-bond acceptors (Lipinski definition) is 6. The Balaban J connectivity index is 1.19. The number of carbonyl (C=O) groups is 2. The van der Waals surface area contributed by atoms with Crippen LogP contribution < -0.4 is 10.6 Å². The number of nitrogens with one attached hydrogen (secondary N) is 2. The molecule has 0 saturated heterocycles. The fourth-order valence-corrected chi connectivity index (χ4v) is 6.27. The summed E-state index contributed by atoms with van der Waals surface area (Å²) in [6, 6.07) is 36.2. The maximum Gasteiger partial charge on any atom is 0.266 e. The van der Waals surface area contributed by atoms with Crippen LogP contribution in [0.4, 0.5) is 5.69 Å². The highest BCUT2D eigenvalue weighted by Gasteiger charge is 2.22. The number of thiophene rings is 1. The lowest BCUT2D eigenvalue weighted by atomic mass is 9.90. The summed E-state index contributed by atoms with van der Waals surface area (Å²) in [5.41, 5.74) is 5.47. The first-order chi connectivity index (χ1) is 22.2. The smallest absolute Gasteiger partial charge is 0.266 e. The van der Waals surface area contributed by atoms with Gasteiger partial charge in [-0.3, -0.25) is 14.1 Å². The van der Waals surface area contributed by atoms with E-state index in [4.69, 9.17) is 8.97 Å². The van der Waals surface area contributed by atoms with Gasteiger partial charge in [-0.1, -0.05) is 60.7 Å². The minimum Gasteiger partial charge on any atom is -0.456 e. The summed E-state index contributed by atoms with van der Waals surface area (Å²) in [5.74, 6) is -0.978. The summed E-state index contributed by atoms with van der Waals surface area (Å²) in [6.07, 6.45) is 0.381. The number of benzene rings is 4. The Morgan fingerprint density at radius 2 is 1.54 bits per heavy atom. The zero-order valence-corrected chi connectivity index (χ0v) is 26.2. The van der Waals surface area contributed by atoms with E-state index < -0.39 is 27.7 Å². The van der Waals surface area contributed by atoms with Gasteiger partial charge >= 0.3 is 0 Å². The summed E-state index contributed by atoms with van der Waals surface area (Å²) < 4.78 is 36.7. The van der Waals surface area contributed by atoms with Crippen molar-refractivity contribution >= 4 is 49.9 Å². The lowest BCUT2D eigenvalue weighted by Crippen LogP contribution is -2.28. The molecule has 1 atom stereocenters. The van der Waals surface area contributed by atoms with Gasteiger partial charge in [0.2, 0.25) is 5.91 Å². The van der Waals surface area contributed by atoms with E-state index >= 15 is 0 Å². The van der Waals surface area contributed by atoms with E-state index in [-0.39, 0.29) is 12.5 Å². The third-order valence-electron chi connectivity index (χ3n) is 7.60. The molecule has 0 fully saturated rings. The van der Waals surface area contributed by atoms with E-state index in [1.807, 2.05) is 90.3 Å². The zero-order valence-electron chi connectivity index (χ0n) is 24.6. The molecule has 46 heavy (non-hydrogen) atoms. The molecular formula is C36H30N2O6S2. The molecule has 2 aromatic heterocycles. The molecule has 0 bridgehead atoms. The molecule has 232 valence electrons. The molecule has 0 aliphatic heterocycles. The van der Waals surface area contributed by atoms with Crippen molar-refractivity contribution in [3.63, 3.8) is 0 Å². The van der Waals surface area contributed by atoms with Crippen molar-refractivity contribution < 1.29 is 27.0 Å². The van der Waals surface area contributed by atoms with Gasteiger partial charge in [0.05, 0.1) is 11.7 Å². The molecule has 0 aliphatic rings. The molecule has 4 aromatic carbocycles. The number of furan rings is 1. The van der Waals surface area contributed by atoms with E-state index in [0.29, 0.717) is 17.7 Å². The quantitative estimate of drug-likeness (QED) is 0.125. The Bertz CT molecular complexity index is 2030. The highest BCUT2D eigenvalue weighted by molar-refractivity contribution is 7.85. The van der Waals surface area contributed by atoms with Crippen LogP contribution in [0.2, 0.25) is 0 Å². The molecular weight excluding hydrogens is 621 g/mol. The van der Waals surface area contributed by atoms with Crippen molar-refractivity contribution in [3.8, 4) is 21.8 Å². The second-order valence-electron chi connectivity index (χ2n) is 10.8. The second kappa shape index (κ2) is 13.5. The van der Waals surface area contributed by atoms with Crippen LogP contribution in [0, 0.1) is 0 Å². The number of amides is 2. The van der Waals surface area contributed by atoms with Crippen LogP contribution in [-0.2, 0) is 21.3 Å². The van der Waals surface area contributed by atoms with Crippen molar-refractivity contribution in [2.75, 3.05) is 17.6 Å². The van der Waals surface area contributed by atoms with E-state index in [1.54, 1.807) is 35.6 Å². The van der Waals surface area contributed by atoms with Crippen LogP contribution in [0.5, 0.6) is 0 Å². The van der Waals surface area contributed by atoms with E-state index in [1.165, 1.54) is 0 Å². The average Bonchev–Trinajstić information content (AvgIpc) is 3.75. The molecule has 6 rings (SSSR count). The van der Waals surface area contributed by atoms with Gasteiger partial charge in [0.25, 0.3) is 16.0 Å². The summed E-state index contributed by atoms with van der Waals surface area (Å²) in [7, 11) is -4.17. The van der Waals surface area contributed by atoms with Crippen LogP contribution in [0.3, 0.4) is 0 Å². The first kappa shape index (κ1) is 31.0. The van der Waals surface area contributed by atoms with Gasteiger partial charge < -0.3 is 15.1 Å². The monoisotopic (exact) mass is 650 g/mol. The minimum absolute atomic E-state index is 0.174. The van der Waals surface area contributed by atoms with Crippen molar-refractivity contribution in [3.05, 3.63) is 137 Å². The van der Waals surface area contributed by atoms with Gasteiger partial charge in [0, 0.05) is 33.6 Å². The number of hydrogen-bond donors (Lipinski definition) is 3. The Labute approximate surface area is 270 Å². The summed E-state index contributed by atoms with van der Waals surface area (Å²) >= 11 is 1.65. The topological polar surface area (TPSA) is 126 Å². The lowest BCUT2D eigenvalue weighted by molar-refractivity contribution is -0.117. The molecule has 8 nitrogen and oxygen atoms in total. The van der Waals surface area contributed by atoms with Crippen LogP contribution in [0.1, 0.15) is 27.4 Å². The summed E-state index contributed by atoms with van der Waals surface area (Å²) in [6.45, 7) is -0.206. The van der Waals surface area contributed by atoms with Crippen molar-refractivity contribution in [1.29, 1.82) is 0 Å². The van der Waals surface area contributed by atoms with E-state index in [2.05, 4.69) is 16.7 Å². The molecule has 10 heteroatoms. The standard InChI is InChI=1S/C36H30N2O6S2/c39-35(37-19-21-46(41,42)43)28-9-7-24(8-10-28)22-31(25-11-13-27(14-12-25)34-6-3-20-45-34)36(40)38-30-17-15-26(16-18-30)33-23-29-4-1-2-5-32(29)44-33/h1-18,20,23,31H,19,21-22H2,(H,37,39)(H,38,40)(H,41,42,43). The molecule has 6 aromatic rings. The Morgan fingerprint density at radius 3 is 2.22 bits per heavy atom. The predicted molar refractivity (Wildman–Crippen MR) is 182 cm³/mol. The number of carbonyl (C=O) groups excluding carboxylic acids is 2. The van der Waals surface area contributed by atoms with Crippen molar-refractivity contribution in [2.45, 2.75) is 12.3 Å². The molecule has 1 unspecified atom stereocenters. The maximum atomic E-state index is 13.8. The summed E-state index contributed by atoms with van der Waals surface area (Å²) in [5, 5.41) is 8.60. The molecule has 0 aliphatic carbocycles. The molecule has 0 spiro atoms. The van der Waals surface area contributed by atoms with Crippen LogP contribution >= 0.6 is 11.3 Å². The van der Waals surface area contributed by atoms with E-state index in [9.17, 15) is 18.0 Å². The number of fused-ring (bicyclic) bond motifs is 1. The predicted octanol–water partition coefficient (Wildman–Crippen LogP) is 7.41. The fourth-order valence-electron chi connectivity index (χ4n) is 5.18. The third-order valence-corrected chi connectivity index (χ3v) is 9.24. The van der Waals surface area contributed by atoms with Gasteiger partial charge in [-0.05, 0) is 83.1 Å². The van der Waals surface area contributed by atoms with Gasteiger partial charge in [-0.15, -0.1) is 11.3 Å². The zero-order chi connectivity index (χ0) is 32.1. The Hall–Kier alpha value is -5.03. The SMILES string of the molecule is O=C(NCCS(=O)(=O)O)c1ccc(CC(C(=O)Nc2ccc(-c3cc4ccccc4o3)cc2)c2ccc(-c3cccs3)cc2)cc1. The average molecular weight is 651 g/mol. The minimum atomic E-state index is -4.17. The van der Waals surface area contributed by atoms with Gasteiger partial charge in [0.15, 0.2) is 0 Å². The van der Waals surface area contributed by atoms with E-state index in [0.717, 1.165) is 43.9 Å². The molecule has 0 radical (unpaired) electrons. The second-order valence-corrected chi connectivity index (χ2v) is 13.3. The van der Waals surface area contributed by atoms with Gasteiger partial charge in [-0.2, -0.15) is 8.42 Å². The van der Waals surface area contributed by atoms with Gasteiger partial charge in [0.1, 0.15) is 11.3 Å². The lowest BCUT2D eigenvalue weighted by Gasteiger charge is -2.18. The third kappa shape index (κ3) is 7.60. The van der Waals surface area contributed by atoms with Crippen molar-refractivity contribution in [2.24, 2.45) is 0 Å². The Kier molecular flexibility index (Phi) is 9.11. The highest BCUT2D eigenvalue weighted by Crippen LogP contribution is 2.31. The van der Waals surface area contributed by atoms with Crippen LogP contribution in [-0.4, -0.2) is 37.1 Å². The summed E-state index contributed by atoms with van der Waals surface area (Å²) in [4.78, 5) is 27.4.